The van der Waals surface area contributed by atoms with Crippen LogP contribution in [0.2, 0.25) is 0 Å². The largest absolute Gasteiger partial charge is 0.366 e. The van der Waals surface area contributed by atoms with Gasteiger partial charge in [0, 0.05) is 6.42 Å². The van der Waals surface area contributed by atoms with Gasteiger partial charge in [-0.1, -0.05) is 74.2 Å². The molecule has 2 aromatic carbocycles. The van der Waals surface area contributed by atoms with Crippen molar-refractivity contribution in [2.45, 2.75) is 52.1 Å². The maximum absolute atomic E-state index is 12.8. The maximum Gasteiger partial charge on any atom is 0.167 e. The summed E-state index contributed by atoms with van der Waals surface area (Å²) >= 11 is 0. The first-order valence-electron chi connectivity index (χ1n) is 8.99. The minimum atomic E-state index is -1.08. The van der Waals surface area contributed by atoms with Crippen molar-refractivity contribution in [2.75, 3.05) is 0 Å². The first-order valence-corrected chi connectivity index (χ1v) is 8.99. The van der Waals surface area contributed by atoms with Gasteiger partial charge in [-0.15, -0.1) is 0 Å². The van der Waals surface area contributed by atoms with Crippen LogP contribution < -0.4 is 0 Å². The molecule has 0 spiro atoms. The van der Waals surface area contributed by atoms with Crippen molar-refractivity contribution in [3.05, 3.63) is 83.9 Å². The van der Waals surface area contributed by atoms with Crippen molar-refractivity contribution in [1.82, 2.24) is 0 Å². The molecule has 0 aliphatic rings. The quantitative estimate of drug-likeness (QED) is 0.558. The lowest BCUT2D eigenvalue weighted by Crippen LogP contribution is -2.50. The van der Waals surface area contributed by atoms with Gasteiger partial charge in [-0.2, -0.15) is 0 Å². The SMILES string of the molecule is C=C(C)[C@H](OCc1ccccc1)[C@@](C)(OCc1ccccc1)C(=O)CC. The van der Waals surface area contributed by atoms with Crippen LogP contribution >= 0.6 is 0 Å². The zero-order chi connectivity index (χ0) is 19.0. The Labute approximate surface area is 156 Å². The molecule has 138 valence electrons. The third kappa shape index (κ3) is 5.13. The smallest absolute Gasteiger partial charge is 0.167 e. The van der Waals surface area contributed by atoms with Crippen LogP contribution in [0.3, 0.4) is 0 Å². The van der Waals surface area contributed by atoms with Crippen LogP contribution in [-0.4, -0.2) is 17.5 Å². The van der Waals surface area contributed by atoms with Gasteiger partial charge in [0.25, 0.3) is 0 Å². The van der Waals surface area contributed by atoms with E-state index in [-0.39, 0.29) is 5.78 Å². The van der Waals surface area contributed by atoms with Crippen LogP contribution in [0.4, 0.5) is 0 Å². The normalized spacial score (nSPS) is 14.4. The first-order chi connectivity index (χ1) is 12.5. The van der Waals surface area contributed by atoms with Crippen molar-refractivity contribution in [3.63, 3.8) is 0 Å². The number of ether oxygens (including phenoxy) is 2. The summed E-state index contributed by atoms with van der Waals surface area (Å²) in [7, 11) is 0. The summed E-state index contributed by atoms with van der Waals surface area (Å²) in [6.07, 6.45) is -0.136. The molecule has 0 fully saturated rings. The number of carbonyl (C=O) groups excluding carboxylic acids is 1. The Bertz CT molecular complexity index is 709. The fourth-order valence-electron chi connectivity index (χ4n) is 2.99. The summed E-state index contributed by atoms with van der Waals surface area (Å²) in [5.41, 5.74) is 1.77. The van der Waals surface area contributed by atoms with Crippen molar-refractivity contribution < 1.29 is 14.3 Å². The molecule has 0 aromatic heterocycles. The summed E-state index contributed by atoms with van der Waals surface area (Å²) < 4.78 is 12.3. The van der Waals surface area contributed by atoms with Crippen molar-refractivity contribution in [3.8, 4) is 0 Å². The molecule has 0 heterocycles. The highest BCUT2D eigenvalue weighted by molar-refractivity contribution is 5.88. The highest BCUT2D eigenvalue weighted by Crippen LogP contribution is 2.28. The predicted octanol–water partition coefficient (Wildman–Crippen LogP) is 5.10. The van der Waals surface area contributed by atoms with Gasteiger partial charge >= 0.3 is 0 Å². The number of Topliss-reactive ketones (excluding diaryl/α,β-unsaturated/α-hetero) is 1. The summed E-state index contributed by atoms with van der Waals surface area (Å²) in [5, 5.41) is 0. The van der Waals surface area contributed by atoms with Crippen molar-refractivity contribution in [2.24, 2.45) is 0 Å². The third-order valence-electron chi connectivity index (χ3n) is 4.46. The molecule has 2 atom stereocenters. The zero-order valence-electron chi connectivity index (χ0n) is 15.9. The van der Waals surface area contributed by atoms with E-state index in [1.54, 1.807) is 0 Å². The van der Waals surface area contributed by atoms with Crippen LogP contribution in [0.15, 0.2) is 72.8 Å². The Morgan fingerprint density at radius 2 is 1.50 bits per heavy atom. The van der Waals surface area contributed by atoms with E-state index in [4.69, 9.17) is 9.47 Å². The number of hydrogen-bond acceptors (Lipinski definition) is 3. The van der Waals surface area contributed by atoms with Gasteiger partial charge in [-0.25, -0.2) is 0 Å². The minimum Gasteiger partial charge on any atom is -0.366 e. The number of hydrogen-bond donors (Lipinski definition) is 0. The Morgan fingerprint density at radius 3 is 1.96 bits per heavy atom. The fraction of sp³-hybridized carbons (Fsp3) is 0.348. The molecule has 2 aromatic rings. The van der Waals surface area contributed by atoms with Gasteiger partial charge in [0.2, 0.25) is 0 Å². The predicted molar refractivity (Wildman–Crippen MR) is 105 cm³/mol. The van der Waals surface area contributed by atoms with Gasteiger partial charge in [-0.05, 0) is 30.5 Å². The monoisotopic (exact) mass is 352 g/mol. The van der Waals surface area contributed by atoms with Gasteiger partial charge in [0.15, 0.2) is 11.4 Å². The summed E-state index contributed by atoms with van der Waals surface area (Å²) in [6.45, 7) is 10.3. The highest BCUT2D eigenvalue weighted by Gasteiger charge is 2.42. The molecular formula is C23H28O3. The first kappa shape index (κ1) is 20.1. The van der Waals surface area contributed by atoms with E-state index in [0.29, 0.717) is 19.6 Å². The minimum absolute atomic E-state index is 0.00879. The summed E-state index contributed by atoms with van der Waals surface area (Å²) in [5.74, 6) is 0.00879. The topological polar surface area (TPSA) is 35.5 Å². The molecule has 0 radical (unpaired) electrons. The van der Waals surface area contributed by atoms with Crippen molar-refractivity contribution >= 4 is 5.78 Å². The Hall–Kier alpha value is -2.23. The van der Waals surface area contributed by atoms with Crippen LogP contribution in [-0.2, 0) is 27.5 Å². The molecule has 0 N–H and O–H groups in total. The fourth-order valence-corrected chi connectivity index (χ4v) is 2.99. The molecule has 0 amide bonds. The number of carbonyl (C=O) groups is 1. The van der Waals surface area contributed by atoms with Gasteiger partial charge < -0.3 is 9.47 Å². The van der Waals surface area contributed by atoms with Crippen LogP contribution in [0.1, 0.15) is 38.3 Å². The van der Waals surface area contributed by atoms with Gasteiger partial charge in [0.05, 0.1) is 13.2 Å². The summed E-state index contributed by atoms with van der Waals surface area (Å²) in [4.78, 5) is 12.8. The molecule has 0 saturated heterocycles. The van der Waals surface area contributed by atoms with E-state index in [1.165, 1.54) is 0 Å². The van der Waals surface area contributed by atoms with E-state index in [0.717, 1.165) is 16.7 Å². The number of ketones is 1. The standard InChI is InChI=1S/C23H28O3/c1-5-21(24)23(4,26-17-20-14-10-7-11-15-20)22(18(2)3)25-16-19-12-8-6-9-13-19/h6-15,22H,2,5,16-17H2,1,3-4H3/t22-,23-/m0/s1. The third-order valence-corrected chi connectivity index (χ3v) is 4.46. The van der Waals surface area contributed by atoms with E-state index in [2.05, 4.69) is 6.58 Å². The van der Waals surface area contributed by atoms with Crippen LogP contribution in [0, 0.1) is 0 Å². The van der Waals surface area contributed by atoms with Gasteiger partial charge in [-0.3, -0.25) is 4.79 Å². The van der Waals surface area contributed by atoms with E-state index in [1.807, 2.05) is 81.4 Å². The van der Waals surface area contributed by atoms with E-state index in [9.17, 15) is 4.79 Å². The average Bonchev–Trinajstić information content (AvgIpc) is 2.67. The molecule has 0 saturated carbocycles. The molecule has 0 aliphatic heterocycles. The van der Waals surface area contributed by atoms with Crippen molar-refractivity contribution in [1.29, 1.82) is 0 Å². The Balaban J connectivity index is 2.19. The lowest BCUT2D eigenvalue weighted by molar-refractivity contribution is -0.165. The molecule has 0 unspecified atom stereocenters. The molecule has 2 rings (SSSR count). The lowest BCUT2D eigenvalue weighted by Gasteiger charge is -2.36. The van der Waals surface area contributed by atoms with E-state index >= 15 is 0 Å². The summed E-state index contributed by atoms with van der Waals surface area (Å²) in [6, 6.07) is 19.7. The van der Waals surface area contributed by atoms with Gasteiger partial charge in [0.1, 0.15) is 6.10 Å². The average molecular weight is 352 g/mol. The molecule has 3 heteroatoms. The molecule has 3 nitrogen and oxygen atoms in total. The second kappa shape index (κ2) is 9.46. The Morgan fingerprint density at radius 1 is 1.00 bits per heavy atom. The zero-order valence-corrected chi connectivity index (χ0v) is 15.9. The van der Waals surface area contributed by atoms with Crippen LogP contribution in [0.5, 0.6) is 0 Å². The second-order valence-electron chi connectivity index (χ2n) is 6.68. The Kier molecular flexibility index (Phi) is 7.31. The number of rotatable bonds is 10. The molecule has 0 aliphatic carbocycles. The number of benzene rings is 2. The maximum atomic E-state index is 12.8. The molecular weight excluding hydrogens is 324 g/mol. The second-order valence-corrected chi connectivity index (χ2v) is 6.68. The highest BCUT2D eigenvalue weighted by atomic mass is 16.6. The molecule has 26 heavy (non-hydrogen) atoms. The van der Waals surface area contributed by atoms with E-state index < -0.39 is 11.7 Å². The molecule has 0 bridgehead atoms. The lowest BCUT2D eigenvalue weighted by atomic mass is 9.88. The van der Waals surface area contributed by atoms with Crippen LogP contribution in [0.25, 0.3) is 0 Å².